The molecule has 0 spiro atoms. The molecule has 24 heavy (non-hydrogen) atoms. The van der Waals surface area contributed by atoms with E-state index in [0.717, 1.165) is 56.7 Å². The van der Waals surface area contributed by atoms with Crippen molar-refractivity contribution in [3.05, 3.63) is 42.1 Å². The summed E-state index contributed by atoms with van der Waals surface area (Å²) in [6.45, 7) is 4.85. The summed E-state index contributed by atoms with van der Waals surface area (Å²) in [6.07, 6.45) is 2.71. The maximum absolute atomic E-state index is 5.39. The highest BCUT2D eigenvalue weighted by molar-refractivity contribution is 5.42. The minimum atomic E-state index is 0.805. The van der Waals surface area contributed by atoms with Crippen LogP contribution in [0.4, 0.5) is 11.8 Å². The first-order valence-corrected chi connectivity index (χ1v) is 8.38. The molecule has 1 fully saturated rings. The van der Waals surface area contributed by atoms with Gasteiger partial charge in [-0.3, -0.25) is 0 Å². The number of benzene rings is 1. The van der Waals surface area contributed by atoms with Crippen LogP contribution in [0.2, 0.25) is 0 Å². The minimum absolute atomic E-state index is 0.805. The van der Waals surface area contributed by atoms with E-state index >= 15 is 0 Å². The van der Waals surface area contributed by atoms with Gasteiger partial charge in [0, 0.05) is 38.9 Å². The topological polar surface area (TPSA) is 53.5 Å². The minimum Gasteiger partial charge on any atom is -0.496 e. The van der Waals surface area contributed by atoms with Gasteiger partial charge in [0.25, 0.3) is 0 Å². The van der Waals surface area contributed by atoms with E-state index < -0.39 is 0 Å². The lowest BCUT2D eigenvalue weighted by atomic mass is 10.1. The highest BCUT2D eigenvalue weighted by Crippen LogP contribution is 2.18. The molecule has 0 aliphatic carbocycles. The molecular weight excluding hydrogens is 302 g/mol. The Balaban J connectivity index is 1.57. The summed E-state index contributed by atoms with van der Waals surface area (Å²) >= 11 is 0. The van der Waals surface area contributed by atoms with E-state index in [4.69, 9.17) is 4.74 Å². The molecule has 6 heteroatoms. The predicted molar refractivity (Wildman–Crippen MR) is 96.9 cm³/mol. The molecule has 2 heterocycles. The molecule has 2 aromatic rings. The number of hydrogen-bond acceptors (Lipinski definition) is 6. The molecule has 0 saturated carbocycles. The number of methoxy groups -OCH3 is 1. The molecule has 3 rings (SSSR count). The molecular formula is C18H25N5O. The van der Waals surface area contributed by atoms with Crippen molar-refractivity contribution < 1.29 is 4.74 Å². The Morgan fingerprint density at radius 1 is 1.12 bits per heavy atom. The van der Waals surface area contributed by atoms with Gasteiger partial charge in [0.2, 0.25) is 5.95 Å². The Bertz CT molecular complexity index is 655. The number of likely N-dealkylation sites (N-methyl/N-ethyl adjacent to an activating group) is 1. The monoisotopic (exact) mass is 327 g/mol. The molecule has 128 valence electrons. The lowest BCUT2D eigenvalue weighted by molar-refractivity contribution is 0.311. The van der Waals surface area contributed by atoms with Gasteiger partial charge in [-0.2, -0.15) is 4.98 Å². The Morgan fingerprint density at radius 3 is 2.71 bits per heavy atom. The molecule has 0 amide bonds. The van der Waals surface area contributed by atoms with E-state index in [0.29, 0.717) is 0 Å². The third-order valence-electron chi connectivity index (χ3n) is 4.32. The summed E-state index contributed by atoms with van der Waals surface area (Å²) in [5, 5.41) is 3.39. The van der Waals surface area contributed by atoms with Crippen LogP contribution in [0.25, 0.3) is 0 Å². The molecule has 1 saturated heterocycles. The highest BCUT2D eigenvalue weighted by atomic mass is 16.5. The van der Waals surface area contributed by atoms with Crippen molar-refractivity contribution in [1.82, 2.24) is 14.9 Å². The normalized spacial score (nSPS) is 15.3. The molecule has 1 aliphatic heterocycles. The quantitative estimate of drug-likeness (QED) is 0.874. The van der Waals surface area contributed by atoms with E-state index in [1.54, 1.807) is 7.11 Å². The molecule has 0 unspecified atom stereocenters. The average Bonchev–Trinajstić information content (AvgIpc) is 2.63. The molecule has 1 aliphatic rings. The van der Waals surface area contributed by atoms with Gasteiger partial charge in [-0.25, -0.2) is 4.98 Å². The van der Waals surface area contributed by atoms with Gasteiger partial charge in [-0.15, -0.1) is 0 Å². The van der Waals surface area contributed by atoms with Crippen molar-refractivity contribution in [2.24, 2.45) is 0 Å². The first-order chi connectivity index (χ1) is 11.8. The van der Waals surface area contributed by atoms with Crippen LogP contribution >= 0.6 is 0 Å². The first-order valence-electron chi connectivity index (χ1n) is 8.38. The van der Waals surface area contributed by atoms with E-state index in [-0.39, 0.29) is 0 Å². The summed E-state index contributed by atoms with van der Waals surface area (Å²) in [7, 11) is 3.85. The zero-order chi connectivity index (χ0) is 16.8. The second kappa shape index (κ2) is 7.97. The van der Waals surface area contributed by atoms with Gasteiger partial charge in [-0.1, -0.05) is 18.2 Å². The number of anilines is 2. The standard InChI is InChI=1S/C18H25N5O/c1-22-11-13-23(14-12-22)18-20-10-8-17(21-18)19-9-7-15-5-3-4-6-16(15)24-2/h3-6,8,10H,7,9,11-14H2,1-2H3,(H,19,20,21). The number of hydrogen-bond donors (Lipinski definition) is 1. The number of para-hydroxylation sites is 1. The highest BCUT2D eigenvalue weighted by Gasteiger charge is 2.16. The van der Waals surface area contributed by atoms with Gasteiger partial charge < -0.3 is 19.9 Å². The molecule has 6 nitrogen and oxygen atoms in total. The van der Waals surface area contributed by atoms with E-state index in [2.05, 4.69) is 38.2 Å². The van der Waals surface area contributed by atoms with E-state index in [1.807, 2.05) is 30.5 Å². The Labute approximate surface area is 143 Å². The second-order valence-corrected chi connectivity index (χ2v) is 6.02. The van der Waals surface area contributed by atoms with Crippen LogP contribution in [-0.4, -0.2) is 61.7 Å². The summed E-state index contributed by atoms with van der Waals surface area (Å²) in [4.78, 5) is 13.6. The number of aromatic nitrogens is 2. The summed E-state index contributed by atoms with van der Waals surface area (Å²) in [5.74, 6) is 2.61. The van der Waals surface area contributed by atoms with Gasteiger partial charge in [0.15, 0.2) is 0 Å². The Kier molecular flexibility index (Phi) is 5.48. The van der Waals surface area contributed by atoms with Crippen LogP contribution in [0.5, 0.6) is 5.75 Å². The van der Waals surface area contributed by atoms with Gasteiger partial charge in [0.05, 0.1) is 7.11 Å². The lowest BCUT2D eigenvalue weighted by Gasteiger charge is -2.32. The van der Waals surface area contributed by atoms with Crippen molar-refractivity contribution in [2.45, 2.75) is 6.42 Å². The third kappa shape index (κ3) is 4.14. The maximum Gasteiger partial charge on any atom is 0.227 e. The van der Waals surface area contributed by atoms with Crippen LogP contribution in [0.15, 0.2) is 36.5 Å². The third-order valence-corrected chi connectivity index (χ3v) is 4.32. The second-order valence-electron chi connectivity index (χ2n) is 6.02. The molecule has 1 N–H and O–H groups in total. The van der Waals surface area contributed by atoms with Gasteiger partial charge >= 0.3 is 0 Å². The molecule has 0 atom stereocenters. The van der Waals surface area contributed by atoms with E-state index in [1.165, 1.54) is 5.56 Å². The molecule has 0 bridgehead atoms. The Morgan fingerprint density at radius 2 is 1.92 bits per heavy atom. The Hall–Kier alpha value is -2.34. The average molecular weight is 327 g/mol. The lowest BCUT2D eigenvalue weighted by Crippen LogP contribution is -2.45. The first kappa shape index (κ1) is 16.5. The fourth-order valence-corrected chi connectivity index (χ4v) is 2.84. The van der Waals surface area contributed by atoms with Crippen LogP contribution < -0.4 is 15.0 Å². The molecule has 1 aromatic carbocycles. The van der Waals surface area contributed by atoms with Crippen LogP contribution in [0, 0.1) is 0 Å². The van der Waals surface area contributed by atoms with Crippen LogP contribution in [-0.2, 0) is 6.42 Å². The van der Waals surface area contributed by atoms with Gasteiger partial charge in [-0.05, 0) is 31.2 Å². The maximum atomic E-state index is 5.39. The largest absolute Gasteiger partial charge is 0.496 e. The summed E-state index contributed by atoms with van der Waals surface area (Å²) in [6, 6.07) is 10.0. The summed E-state index contributed by atoms with van der Waals surface area (Å²) in [5.41, 5.74) is 1.20. The number of rotatable bonds is 6. The fraction of sp³-hybridized carbons (Fsp3) is 0.444. The van der Waals surface area contributed by atoms with Crippen molar-refractivity contribution >= 4 is 11.8 Å². The number of ether oxygens (including phenoxy) is 1. The van der Waals surface area contributed by atoms with E-state index in [9.17, 15) is 0 Å². The van der Waals surface area contributed by atoms with Gasteiger partial charge in [0.1, 0.15) is 11.6 Å². The van der Waals surface area contributed by atoms with Crippen molar-refractivity contribution in [2.75, 3.05) is 57.1 Å². The van der Waals surface area contributed by atoms with Crippen LogP contribution in [0.1, 0.15) is 5.56 Å². The fourth-order valence-electron chi connectivity index (χ4n) is 2.84. The van der Waals surface area contributed by atoms with Crippen molar-refractivity contribution in [3.8, 4) is 5.75 Å². The molecule has 0 radical (unpaired) electrons. The smallest absolute Gasteiger partial charge is 0.227 e. The number of nitrogens with zero attached hydrogens (tertiary/aromatic N) is 4. The summed E-state index contributed by atoms with van der Waals surface area (Å²) < 4.78 is 5.39. The van der Waals surface area contributed by atoms with Crippen molar-refractivity contribution in [3.63, 3.8) is 0 Å². The number of piperazine rings is 1. The number of nitrogens with one attached hydrogen (secondary N) is 1. The predicted octanol–water partition coefficient (Wildman–Crippen LogP) is 1.89. The zero-order valence-corrected chi connectivity index (χ0v) is 14.4. The zero-order valence-electron chi connectivity index (χ0n) is 14.4. The van der Waals surface area contributed by atoms with Crippen LogP contribution in [0.3, 0.4) is 0 Å². The van der Waals surface area contributed by atoms with Crippen molar-refractivity contribution in [1.29, 1.82) is 0 Å². The SMILES string of the molecule is COc1ccccc1CCNc1ccnc(N2CCN(C)CC2)n1. The molecule has 1 aromatic heterocycles.